The second-order valence-corrected chi connectivity index (χ2v) is 6.81. The first kappa shape index (κ1) is 20.2. The number of benzene rings is 1. The van der Waals surface area contributed by atoms with E-state index in [-0.39, 0.29) is 24.2 Å². The molecule has 2 amide bonds. The highest BCUT2D eigenvalue weighted by atomic mass is 16.5. The highest BCUT2D eigenvalue weighted by Gasteiger charge is 2.38. The van der Waals surface area contributed by atoms with Crippen molar-refractivity contribution in [2.75, 3.05) is 38.1 Å². The third-order valence-electron chi connectivity index (χ3n) is 4.81. The lowest BCUT2D eigenvalue weighted by Gasteiger charge is -2.18. The number of ether oxygens (including phenoxy) is 1. The molecule has 0 bridgehead atoms. The molecular weight excluding hydrogens is 330 g/mol. The number of likely N-dealkylation sites (N-methyl/N-ethyl adjacent to an activating group) is 1. The highest BCUT2D eigenvalue weighted by Crippen LogP contribution is 2.37. The van der Waals surface area contributed by atoms with Crippen LogP contribution in [0.25, 0.3) is 0 Å². The van der Waals surface area contributed by atoms with Gasteiger partial charge in [-0.2, -0.15) is 0 Å². The molecule has 2 N–H and O–H groups in total. The van der Waals surface area contributed by atoms with Gasteiger partial charge in [-0.15, -0.1) is 0 Å². The fraction of sp³-hybridized carbons (Fsp3) is 0.600. The molecule has 1 aliphatic carbocycles. The van der Waals surface area contributed by atoms with Crippen molar-refractivity contribution in [3.05, 3.63) is 24.3 Å². The standard InChI is InChI=1S/C20H31N3O3/c1-4-23(5-2)12-13-26-17-8-6-16(7-9-17)22-19(24)10-11-21-20(25)18-14-15(18)3/h6-9,15,18H,4-5,10-14H2,1-3H3,(H,21,25)(H,22,24). The first-order chi connectivity index (χ1) is 12.5. The molecule has 6 nitrogen and oxygen atoms in total. The maximum atomic E-state index is 11.9. The summed E-state index contributed by atoms with van der Waals surface area (Å²) in [5, 5.41) is 5.65. The molecule has 0 radical (unpaired) electrons. The van der Waals surface area contributed by atoms with E-state index in [4.69, 9.17) is 4.74 Å². The Labute approximate surface area is 156 Å². The molecule has 1 saturated carbocycles. The molecule has 0 aromatic heterocycles. The molecule has 0 heterocycles. The molecule has 26 heavy (non-hydrogen) atoms. The molecule has 6 heteroatoms. The number of carbonyl (C=O) groups is 2. The minimum Gasteiger partial charge on any atom is -0.492 e. The van der Waals surface area contributed by atoms with Crippen LogP contribution < -0.4 is 15.4 Å². The Morgan fingerprint density at radius 3 is 2.42 bits per heavy atom. The maximum Gasteiger partial charge on any atom is 0.226 e. The normalized spacial score (nSPS) is 18.5. The van der Waals surface area contributed by atoms with Crippen LogP contribution in [0.2, 0.25) is 0 Å². The van der Waals surface area contributed by atoms with E-state index in [1.54, 1.807) is 0 Å². The lowest BCUT2D eigenvalue weighted by atomic mass is 10.3. The van der Waals surface area contributed by atoms with Crippen LogP contribution in [0.1, 0.15) is 33.6 Å². The van der Waals surface area contributed by atoms with Gasteiger partial charge in [-0.05, 0) is 49.7 Å². The molecule has 2 rings (SSSR count). The monoisotopic (exact) mass is 361 g/mol. The van der Waals surface area contributed by atoms with Gasteiger partial charge in [0.1, 0.15) is 12.4 Å². The topological polar surface area (TPSA) is 70.7 Å². The molecule has 1 fully saturated rings. The summed E-state index contributed by atoms with van der Waals surface area (Å²) in [5.41, 5.74) is 0.730. The highest BCUT2D eigenvalue weighted by molar-refractivity contribution is 5.91. The van der Waals surface area contributed by atoms with Crippen molar-refractivity contribution in [3.63, 3.8) is 0 Å². The fourth-order valence-corrected chi connectivity index (χ4v) is 2.81. The van der Waals surface area contributed by atoms with Gasteiger partial charge in [-0.1, -0.05) is 20.8 Å². The molecule has 2 unspecified atom stereocenters. The first-order valence-corrected chi connectivity index (χ1v) is 9.56. The smallest absolute Gasteiger partial charge is 0.226 e. The van der Waals surface area contributed by atoms with Crippen molar-refractivity contribution in [3.8, 4) is 5.75 Å². The zero-order valence-electron chi connectivity index (χ0n) is 16.1. The van der Waals surface area contributed by atoms with E-state index >= 15 is 0 Å². The summed E-state index contributed by atoms with van der Waals surface area (Å²) in [4.78, 5) is 25.9. The number of nitrogens with one attached hydrogen (secondary N) is 2. The van der Waals surface area contributed by atoms with E-state index in [0.29, 0.717) is 19.1 Å². The Hall–Kier alpha value is -2.08. The van der Waals surface area contributed by atoms with E-state index in [1.807, 2.05) is 24.3 Å². The number of amides is 2. The first-order valence-electron chi connectivity index (χ1n) is 9.56. The predicted molar refractivity (Wildman–Crippen MR) is 103 cm³/mol. The van der Waals surface area contributed by atoms with Crippen molar-refractivity contribution in [1.29, 1.82) is 0 Å². The van der Waals surface area contributed by atoms with Crippen molar-refractivity contribution in [2.24, 2.45) is 11.8 Å². The number of carbonyl (C=O) groups excluding carboxylic acids is 2. The SMILES string of the molecule is CCN(CC)CCOc1ccc(NC(=O)CCNC(=O)C2CC2C)cc1. The molecule has 0 saturated heterocycles. The van der Waals surface area contributed by atoms with Crippen LogP contribution >= 0.6 is 0 Å². The average molecular weight is 361 g/mol. The Balaban J connectivity index is 1.64. The van der Waals surface area contributed by atoms with Gasteiger partial charge in [0.15, 0.2) is 0 Å². The lowest BCUT2D eigenvalue weighted by molar-refractivity contribution is -0.122. The zero-order chi connectivity index (χ0) is 18.9. The van der Waals surface area contributed by atoms with Crippen molar-refractivity contribution in [2.45, 2.75) is 33.6 Å². The van der Waals surface area contributed by atoms with Crippen molar-refractivity contribution >= 4 is 17.5 Å². The van der Waals surface area contributed by atoms with Crippen molar-refractivity contribution < 1.29 is 14.3 Å². The second kappa shape index (κ2) is 10.2. The molecule has 2 atom stereocenters. The number of hydrogen-bond acceptors (Lipinski definition) is 4. The van der Waals surface area contributed by atoms with Crippen LogP contribution in [-0.2, 0) is 9.59 Å². The largest absolute Gasteiger partial charge is 0.492 e. The van der Waals surface area contributed by atoms with Crippen LogP contribution in [-0.4, -0.2) is 49.5 Å². The summed E-state index contributed by atoms with van der Waals surface area (Å²) in [6.07, 6.45) is 1.23. The maximum absolute atomic E-state index is 11.9. The van der Waals surface area contributed by atoms with E-state index in [2.05, 4.69) is 36.3 Å². The predicted octanol–water partition coefficient (Wildman–Crippen LogP) is 2.51. The van der Waals surface area contributed by atoms with Crippen LogP contribution in [0.15, 0.2) is 24.3 Å². The Kier molecular flexibility index (Phi) is 7.91. The Bertz CT molecular complexity index is 584. The Morgan fingerprint density at radius 2 is 1.85 bits per heavy atom. The molecular formula is C20H31N3O3. The van der Waals surface area contributed by atoms with Gasteiger partial charge in [0.2, 0.25) is 11.8 Å². The van der Waals surface area contributed by atoms with Gasteiger partial charge >= 0.3 is 0 Å². The van der Waals surface area contributed by atoms with Crippen molar-refractivity contribution in [1.82, 2.24) is 10.2 Å². The third-order valence-corrected chi connectivity index (χ3v) is 4.81. The minimum absolute atomic E-state index is 0.0662. The quantitative estimate of drug-likeness (QED) is 0.635. The summed E-state index contributed by atoms with van der Waals surface area (Å²) < 4.78 is 5.73. The van der Waals surface area contributed by atoms with Crippen LogP contribution in [0.5, 0.6) is 5.75 Å². The molecule has 0 aliphatic heterocycles. The van der Waals surface area contributed by atoms with E-state index in [9.17, 15) is 9.59 Å². The lowest BCUT2D eigenvalue weighted by Crippen LogP contribution is -2.29. The number of anilines is 1. The number of rotatable bonds is 11. The molecule has 1 aromatic rings. The summed E-state index contributed by atoms with van der Waals surface area (Å²) in [7, 11) is 0. The minimum atomic E-state index is -0.107. The van der Waals surface area contributed by atoms with Gasteiger partial charge < -0.3 is 20.3 Å². The van der Waals surface area contributed by atoms with E-state index in [1.165, 1.54) is 0 Å². The fourth-order valence-electron chi connectivity index (χ4n) is 2.81. The van der Waals surface area contributed by atoms with Gasteiger partial charge in [0, 0.05) is 31.1 Å². The van der Waals surface area contributed by atoms with Gasteiger partial charge in [0.05, 0.1) is 0 Å². The van der Waals surface area contributed by atoms with Crippen LogP contribution in [0.4, 0.5) is 5.69 Å². The average Bonchev–Trinajstić information content (AvgIpc) is 3.37. The molecule has 144 valence electrons. The van der Waals surface area contributed by atoms with E-state index < -0.39 is 0 Å². The number of nitrogens with zero attached hydrogens (tertiary/aromatic N) is 1. The molecule has 1 aromatic carbocycles. The van der Waals surface area contributed by atoms with Crippen LogP contribution in [0.3, 0.4) is 0 Å². The van der Waals surface area contributed by atoms with Gasteiger partial charge in [-0.3, -0.25) is 9.59 Å². The summed E-state index contributed by atoms with van der Waals surface area (Å²) >= 11 is 0. The van der Waals surface area contributed by atoms with Gasteiger partial charge in [0.25, 0.3) is 0 Å². The molecule has 1 aliphatic rings. The van der Waals surface area contributed by atoms with Gasteiger partial charge in [-0.25, -0.2) is 0 Å². The summed E-state index contributed by atoms with van der Waals surface area (Å²) in [6.45, 7) is 10.3. The Morgan fingerprint density at radius 1 is 1.19 bits per heavy atom. The van der Waals surface area contributed by atoms with E-state index in [0.717, 1.165) is 37.5 Å². The second-order valence-electron chi connectivity index (χ2n) is 6.81. The number of hydrogen-bond donors (Lipinski definition) is 2. The van der Waals surface area contributed by atoms with Crippen LogP contribution in [0, 0.1) is 11.8 Å². The zero-order valence-corrected chi connectivity index (χ0v) is 16.1. The summed E-state index contributed by atoms with van der Waals surface area (Å²) in [5.74, 6) is 1.38. The molecule has 0 spiro atoms. The summed E-state index contributed by atoms with van der Waals surface area (Å²) in [6, 6.07) is 7.37. The third kappa shape index (κ3) is 6.67.